The molecule has 0 unspecified atom stereocenters. The molecular weight excluding hydrogens is 272 g/mol. The fourth-order valence-corrected chi connectivity index (χ4v) is 1.84. The van der Waals surface area contributed by atoms with E-state index in [-0.39, 0.29) is 24.3 Å². The van der Waals surface area contributed by atoms with Crippen molar-refractivity contribution < 1.29 is 18.7 Å². The second kappa shape index (κ2) is 6.69. The highest BCUT2D eigenvalue weighted by Gasteiger charge is 2.13. The predicted octanol–water partition coefficient (Wildman–Crippen LogP) is 2.02. The summed E-state index contributed by atoms with van der Waals surface area (Å²) in [5.74, 6) is 0.0417. The third-order valence-corrected chi connectivity index (χ3v) is 2.94. The molecule has 1 aromatic carbocycles. The number of aromatic nitrogens is 1. The number of nitrogens with one attached hydrogen (secondary N) is 1. The Morgan fingerprint density at radius 1 is 1.33 bits per heavy atom. The lowest BCUT2D eigenvalue weighted by atomic mass is 10.1. The molecule has 0 aliphatic carbocycles. The fraction of sp³-hybridized carbons (Fsp3) is 0.267. The molecule has 21 heavy (non-hydrogen) atoms. The maximum absolute atomic E-state index is 12.0. The topological polar surface area (TPSA) is 81.4 Å². The third kappa shape index (κ3) is 3.92. The zero-order valence-electron chi connectivity index (χ0n) is 11.8. The van der Waals surface area contributed by atoms with Crippen LogP contribution in [0, 0.1) is 0 Å². The number of carbonyl (C=O) groups excluding carboxylic acids is 2. The predicted molar refractivity (Wildman–Crippen MR) is 75.5 cm³/mol. The molecule has 1 amide bonds. The highest BCUT2D eigenvalue weighted by Crippen LogP contribution is 2.18. The molecule has 2 aromatic rings. The van der Waals surface area contributed by atoms with Crippen LogP contribution in [0.1, 0.15) is 23.7 Å². The molecule has 0 saturated carbocycles. The Bertz CT molecular complexity index is 605. The van der Waals surface area contributed by atoms with Crippen molar-refractivity contribution in [3.63, 3.8) is 0 Å². The quantitative estimate of drug-likeness (QED) is 0.851. The molecule has 0 fully saturated rings. The summed E-state index contributed by atoms with van der Waals surface area (Å²) in [6, 6.07) is 6.65. The number of amides is 1. The number of oxazole rings is 1. The minimum Gasteiger partial charge on any atom is -0.469 e. The number of nitrogens with zero attached hydrogens (tertiary/aromatic N) is 1. The fourth-order valence-electron chi connectivity index (χ4n) is 1.84. The van der Waals surface area contributed by atoms with Crippen LogP contribution in [0.25, 0.3) is 11.3 Å². The zero-order chi connectivity index (χ0) is 15.2. The molecule has 0 aliphatic heterocycles. The smallest absolute Gasteiger partial charge is 0.307 e. The van der Waals surface area contributed by atoms with Crippen LogP contribution in [-0.2, 0) is 9.53 Å². The van der Waals surface area contributed by atoms with Gasteiger partial charge in [-0.2, -0.15) is 0 Å². The molecular formula is C15H16N2O4. The van der Waals surface area contributed by atoms with E-state index in [9.17, 15) is 9.59 Å². The average molecular weight is 288 g/mol. The van der Waals surface area contributed by atoms with Gasteiger partial charge in [0.15, 0.2) is 12.2 Å². The van der Waals surface area contributed by atoms with Gasteiger partial charge in [0.1, 0.15) is 0 Å². The van der Waals surface area contributed by atoms with Gasteiger partial charge < -0.3 is 14.5 Å². The van der Waals surface area contributed by atoms with Crippen LogP contribution in [0.2, 0.25) is 0 Å². The Kier molecular flexibility index (Phi) is 4.71. The number of rotatable bonds is 5. The first kappa shape index (κ1) is 14.8. The van der Waals surface area contributed by atoms with E-state index in [1.54, 1.807) is 37.4 Å². The van der Waals surface area contributed by atoms with Gasteiger partial charge in [0.2, 0.25) is 0 Å². The SMILES string of the molecule is COC(=O)C[C@@H](C)NC(=O)c1ccc(-c2cnco2)cc1. The molecule has 0 aliphatic rings. The Morgan fingerprint density at radius 2 is 2.05 bits per heavy atom. The molecule has 1 N–H and O–H groups in total. The minimum absolute atomic E-state index is 0.137. The van der Waals surface area contributed by atoms with Crippen LogP contribution in [0.3, 0.4) is 0 Å². The number of benzene rings is 1. The summed E-state index contributed by atoms with van der Waals surface area (Å²) in [7, 11) is 1.32. The maximum Gasteiger partial charge on any atom is 0.307 e. The van der Waals surface area contributed by atoms with Crippen LogP contribution < -0.4 is 5.32 Å². The maximum atomic E-state index is 12.0. The first-order chi connectivity index (χ1) is 10.1. The molecule has 0 radical (unpaired) electrons. The van der Waals surface area contributed by atoms with E-state index in [0.717, 1.165) is 5.56 Å². The molecule has 0 spiro atoms. The summed E-state index contributed by atoms with van der Waals surface area (Å²) < 4.78 is 9.74. The highest BCUT2D eigenvalue weighted by molar-refractivity contribution is 5.95. The molecule has 1 atom stereocenters. The van der Waals surface area contributed by atoms with Crippen molar-refractivity contribution in [1.29, 1.82) is 0 Å². The first-order valence-corrected chi connectivity index (χ1v) is 6.46. The molecule has 0 saturated heterocycles. The van der Waals surface area contributed by atoms with Gasteiger partial charge in [-0.15, -0.1) is 0 Å². The van der Waals surface area contributed by atoms with Crippen molar-refractivity contribution >= 4 is 11.9 Å². The van der Waals surface area contributed by atoms with Gasteiger partial charge in [0, 0.05) is 17.2 Å². The standard InChI is InChI=1S/C15H16N2O4/c1-10(7-14(18)20-2)17-15(19)12-5-3-11(4-6-12)13-8-16-9-21-13/h3-6,8-10H,7H2,1-2H3,(H,17,19)/t10-/m1/s1. The number of esters is 1. The number of hydrogen-bond acceptors (Lipinski definition) is 5. The average Bonchev–Trinajstić information content (AvgIpc) is 3.01. The summed E-state index contributed by atoms with van der Waals surface area (Å²) >= 11 is 0. The number of methoxy groups -OCH3 is 1. The van der Waals surface area contributed by atoms with E-state index in [1.807, 2.05) is 0 Å². The second-order valence-corrected chi connectivity index (χ2v) is 4.60. The van der Waals surface area contributed by atoms with Crippen LogP contribution in [-0.4, -0.2) is 30.0 Å². The van der Waals surface area contributed by atoms with E-state index in [0.29, 0.717) is 11.3 Å². The summed E-state index contributed by atoms with van der Waals surface area (Å²) in [5, 5.41) is 2.74. The van der Waals surface area contributed by atoms with Crippen LogP contribution in [0.15, 0.2) is 41.3 Å². The summed E-state index contributed by atoms with van der Waals surface area (Å²) in [6.07, 6.45) is 3.09. The lowest BCUT2D eigenvalue weighted by Crippen LogP contribution is -2.34. The van der Waals surface area contributed by atoms with Gasteiger partial charge in [-0.25, -0.2) is 4.98 Å². The zero-order valence-corrected chi connectivity index (χ0v) is 11.8. The van der Waals surface area contributed by atoms with Crippen molar-refractivity contribution in [3.8, 4) is 11.3 Å². The second-order valence-electron chi connectivity index (χ2n) is 4.60. The lowest BCUT2D eigenvalue weighted by molar-refractivity contribution is -0.141. The number of carbonyl (C=O) groups is 2. The molecule has 6 nitrogen and oxygen atoms in total. The lowest BCUT2D eigenvalue weighted by Gasteiger charge is -2.12. The monoisotopic (exact) mass is 288 g/mol. The van der Waals surface area contributed by atoms with Crippen LogP contribution in [0.4, 0.5) is 0 Å². The van der Waals surface area contributed by atoms with Crippen molar-refractivity contribution in [2.75, 3.05) is 7.11 Å². The van der Waals surface area contributed by atoms with E-state index < -0.39 is 0 Å². The van der Waals surface area contributed by atoms with Gasteiger partial charge in [-0.1, -0.05) is 12.1 Å². The normalized spacial score (nSPS) is 11.7. The Morgan fingerprint density at radius 3 is 2.62 bits per heavy atom. The molecule has 110 valence electrons. The van der Waals surface area contributed by atoms with Gasteiger partial charge in [0.05, 0.1) is 19.7 Å². The number of hydrogen-bond donors (Lipinski definition) is 1. The summed E-state index contributed by atoms with van der Waals surface area (Å²) in [6.45, 7) is 1.75. The Labute approximate surface area is 122 Å². The summed E-state index contributed by atoms with van der Waals surface area (Å²) in [4.78, 5) is 27.0. The van der Waals surface area contributed by atoms with Gasteiger partial charge in [0.25, 0.3) is 5.91 Å². The van der Waals surface area contributed by atoms with E-state index in [4.69, 9.17) is 4.42 Å². The van der Waals surface area contributed by atoms with Crippen LogP contribution >= 0.6 is 0 Å². The largest absolute Gasteiger partial charge is 0.469 e. The van der Waals surface area contributed by atoms with Gasteiger partial charge in [-0.3, -0.25) is 9.59 Å². The molecule has 6 heteroatoms. The molecule has 1 aromatic heterocycles. The third-order valence-electron chi connectivity index (χ3n) is 2.94. The van der Waals surface area contributed by atoms with Crippen molar-refractivity contribution in [2.24, 2.45) is 0 Å². The van der Waals surface area contributed by atoms with Crippen LogP contribution in [0.5, 0.6) is 0 Å². The van der Waals surface area contributed by atoms with Crippen molar-refractivity contribution in [1.82, 2.24) is 10.3 Å². The summed E-state index contributed by atoms with van der Waals surface area (Å²) in [5.41, 5.74) is 1.35. The van der Waals surface area contributed by atoms with Crippen molar-refractivity contribution in [3.05, 3.63) is 42.4 Å². The molecule has 2 rings (SSSR count). The van der Waals surface area contributed by atoms with E-state index in [1.165, 1.54) is 13.5 Å². The first-order valence-electron chi connectivity index (χ1n) is 6.46. The number of ether oxygens (including phenoxy) is 1. The Balaban J connectivity index is 1.98. The van der Waals surface area contributed by atoms with E-state index in [2.05, 4.69) is 15.0 Å². The van der Waals surface area contributed by atoms with E-state index >= 15 is 0 Å². The van der Waals surface area contributed by atoms with Gasteiger partial charge >= 0.3 is 5.97 Å². The molecule has 1 heterocycles. The van der Waals surface area contributed by atoms with Gasteiger partial charge in [-0.05, 0) is 19.1 Å². The van der Waals surface area contributed by atoms with Crippen molar-refractivity contribution in [2.45, 2.75) is 19.4 Å². The highest BCUT2D eigenvalue weighted by atomic mass is 16.5. The Hall–Kier alpha value is -2.63. The minimum atomic E-state index is -0.358. The molecule has 0 bridgehead atoms.